The fraction of sp³-hybridized carbons (Fsp3) is 0.500. The number of hydrogen-bond donors (Lipinski definition) is 2. The van der Waals surface area contributed by atoms with Gasteiger partial charge >= 0.3 is 0 Å². The van der Waals surface area contributed by atoms with Gasteiger partial charge in [-0.3, -0.25) is 0 Å². The van der Waals surface area contributed by atoms with Gasteiger partial charge < -0.3 is 10.2 Å². The number of halogens is 1. The number of aryl methyl sites for hydroxylation is 1. The van der Waals surface area contributed by atoms with E-state index in [1.807, 2.05) is 0 Å². The summed E-state index contributed by atoms with van der Waals surface area (Å²) < 4.78 is 0. The summed E-state index contributed by atoms with van der Waals surface area (Å²) in [5.74, 6) is 1.01. The van der Waals surface area contributed by atoms with Gasteiger partial charge in [0.1, 0.15) is 11.5 Å². The number of alkyl halides is 1. The third-order valence-electron chi connectivity index (χ3n) is 3.86. The van der Waals surface area contributed by atoms with Crippen LogP contribution in [0.1, 0.15) is 57.6 Å². The summed E-state index contributed by atoms with van der Waals surface area (Å²) >= 11 is 5.67. The Hall–Kier alpha value is -1.41. The minimum Gasteiger partial charge on any atom is -0.508 e. The van der Waals surface area contributed by atoms with Crippen LogP contribution in [0.3, 0.4) is 0 Å². The van der Waals surface area contributed by atoms with Gasteiger partial charge in [-0.05, 0) is 77.0 Å². The molecule has 0 saturated carbocycles. The average Bonchev–Trinajstić information content (AvgIpc) is 2.46. The lowest BCUT2D eigenvalue weighted by atomic mass is 10.0. The fourth-order valence-electron chi connectivity index (χ4n) is 2.44. The number of hydrogen-bond acceptors (Lipinski definition) is 2. The van der Waals surface area contributed by atoms with E-state index in [9.17, 15) is 10.2 Å². The van der Waals surface area contributed by atoms with Crippen molar-refractivity contribution < 1.29 is 10.2 Å². The van der Waals surface area contributed by atoms with Crippen molar-refractivity contribution in [1.82, 2.24) is 0 Å². The lowest BCUT2D eigenvalue weighted by Gasteiger charge is -2.09. The molecule has 1 aromatic rings. The van der Waals surface area contributed by atoms with Crippen molar-refractivity contribution in [3.05, 3.63) is 46.6 Å². The van der Waals surface area contributed by atoms with E-state index in [4.69, 9.17) is 11.6 Å². The molecule has 1 rings (SSSR count). The van der Waals surface area contributed by atoms with Crippen LogP contribution in [-0.2, 0) is 12.8 Å². The predicted molar refractivity (Wildman–Crippen MR) is 99.6 cm³/mol. The zero-order valence-electron chi connectivity index (χ0n) is 14.5. The number of benzene rings is 1. The van der Waals surface area contributed by atoms with E-state index in [1.54, 1.807) is 12.1 Å². The monoisotopic (exact) mass is 336 g/mol. The van der Waals surface area contributed by atoms with E-state index in [0.717, 1.165) is 37.7 Å². The molecule has 2 N–H and O–H groups in total. The Morgan fingerprint density at radius 1 is 1.04 bits per heavy atom. The first-order chi connectivity index (χ1) is 10.9. The second-order valence-electron chi connectivity index (χ2n) is 6.33. The van der Waals surface area contributed by atoms with Crippen molar-refractivity contribution in [3.8, 4) is 11.5 Å². The molecule has 0 atom stereocenters. The second-order valence-corrected chi connectivity index (χ2v) is 6.71. The number of phenolic OH excluding ortho intramolecular Hbond substituents is 2. The van der Waals surface area contributed by atoms with E-state index in [2.05, 4.69) is 32.9 Å². The molecule has 0 unspecified atom stereocenters. The van der Waals surface area contributed by atoms with Gasteiger partial charge in [-0.2, -0.15) is 0 Å². The minimum atomic E-state index is 0.180. The number of rotatable bonds is 9. The maximum atomic E-state index is 10.2. The Kier molecular flexibility index (Phi) is 8.86. The van der Waals surface area contributed by atoms with Gasteiger partial charge in [0.15, 0.2) is 0 Å². The number of phenols is 2. The molecule has 0 radical (unpaired) electrons. The summed E-state index contributed by atoms with van der Waals surface area (Å²) in [6, 6.07) is 3.52. The molecule has 0 aromatic heterocycles. The van der Waals surface area contributed by atoms with Gasteiger partial charge in [-0.15, -0.1) is 11.6 Å². The Morgan fingerprint density at radius 2 is 1.70 bits per heavy atom. The maximum absolute atomic E-state index is 10.2. The highest BCUT2D eigenvalue weighted by molar-refractivity contribution is 6.17. The standard InChI is InChI=1S/C20H29ClO2/c1-15(2)7-6-8-16(3)10-11-18-19(22)13-17(14-20(18)23)9-4-5-12-21/h7,10,13-14,22-23H,4-6,8-9,11-12H2,1-3H3/b16-10+. The number of aromatic hydroxyl groups is 2. The molecule has 0 amide bonds. The Bertz CT molecular complexity index is 532. The summed E-state index contributed by atoms with van der Waals surface area (Å²) in [5, 5.41) is 20.3. The number of allylic oxidation sites excluding steroid dienone is 4. The summed E-state index contributed by atoms with van der Waals surface area (Å²) in [7, 11) is 0. The van der Waals surface area contributed by atoms with Gasteiger partial charge in [-0.25, -0.2) is 0 Å². The zero-order valence-corrected chi connectivity index (χ0v) is 15.3. The molecule has 0 heterocycles. The van der Waals surface area contributed by atoms with Crippen LogP contribution in [0.5, 0.6) is 11.5 Å². The Labute approximate surface area is 145 Å². The quantitative estimate of drug-likeness (QED) is 0.335. The Morgan fingerprint density at radius 3 is 2.26 bits per heavy atom. The van der Waals surface area contributed by atoms with Crippen molar-refractivity contribution in [1.29, 1.82) is 0 Å². The topological polar surface area (TPSA) is 40.5 Å². The molecule has 1 aromatic carbocycles. The van der Waals surface area contributed by atoms with Crippen LogP contribution >= 0.6 is 11.6 Å². The van der Waals surface area contributed by atoms with E-state index in [1.165, 1.54) is 11.1 Å². The molecule has 0 bridgehead atoms. The molecule has 0 saturated heterocycles. The van der Waals surface area contributed by atoms with Crippen molar-refractivity contribution in [3.63, 3.8) is 0 Å². The van der Waals surface area contributed by atoms with Gasteiger partial charge in [-0.1, -0.05) is 23.3 Å². The Balaban J connectivity index is 2.67. The summed E-state index contributed by atoms with van der Waals surface area (Å²) in [4.78, 5) is 0. The van der Waals surface area contributed by atoms with Crippen molar-refractivity contribution in [2.45, 2.75) is 59.3 Å². The largest absolute Gasteiger partial charge is 0.508 e. The van der Waals surface area contributed by atoms with E-state index >= 15 is 0 Å². The van der Waals surface area contributed by atoms with Crippen molar-refractivity contribution in [2.24, 2.45) is 0 Å². The van der Waals surface area contributed by atoms with Crippen LogP contribution < -0.4 is 0 Å². The normalized spacial score (nSPS) is 11.6. The van der Waals surface area contributed by atoms with Crippen molar-refractivity contribution in [2.75, 3.05) is 5.88 Å². The third-order valence-corrected chi connectivity index (χ3v) is 4.12. The fourth-order valence-corrected chi connectivity index (χ4v) is 2.63. The van der Waals surface area contributed by atoms with E-state index in [0.29, 0.717) is 17.9 Å². The molecule has 0 spiro atoms. The highest BCUT2D eigenvalue weighted by Gasteiger charge is 2.09. The molecule has 0 fully saturated rings. The predicted octanol–water partition coefficient (Wildman–Crippen LogP) is 5.89. The first-order valence-corrected chi connectivity index (χ1v) is 8.86. The van der Waals surface area contributed by atoms with Gasteiger partial charge in [0.2, 0.25) is 0 Å². The minimum absolute atomic E-state index is 0.180. The van der Waals surface area contributed by atoms with Crippen LogP contribution in [0, 0.1) is 0 Å². The first kappa shape index (κ1) is 19.6. The van der Waals surface area contributed by atoms with E-state index in [-0.39, 0.29) is 11.5 Å². The van der Waals surface area contributed by atoms with Gasteiger partial charge in [0.05, 0.1) is 0 Å². The molecule has 0 aliphatic carbocycles. The van der Waals surface area contributed by atoms with Crippen LogP contribution in [0.15, 0.2) is 35.4 Å². The summed E-state index contributed by atoms with van der Waals surface area (Å²) in [5.41, 5.74) is 4.16. The van der Waals surface area contributed by atoms with Crippen LogP contribution in [-0.4, -0.2) is 16.1 Å². The molecular weight excluding hydrogens is 308 g/mol. The van der Waals surface area contributed by atoms with Crippen molar-refractivity contribution >= 4 is 11.6 Å². The third kappa shape index (κ3) is 7.60. The van der Waals surface area contributed by atoms with Crippen LogP contribution in [0.4, 0.5) is 0 Å². The van der Waals surface area contributed by atoms with E-state index < -0.39 is 0 Å². The molecule has 2 nitrogen and oxygen atoms in total. The molecule has 0 aliphatic rings. The van der Waals surface area contributed by atoms with Gasteiger partial charge in [0.25, 0.3) is 0 Å². The molecule has 3 heteroatoms. The average molecular weight is 337 g/mol. The maximum Gasteiger partial charge on any atom is 0.123 e. The first-order valence-electron chi connectivity index (χ1n) is 8.32. The molecule has 128 valence electrons. The lowest BCUT2D eigenvalue weighted by molar-refractivity contribution is 0.439. The highest BCUT2D eigenvalue weighted by atomic mass is 35.5. The van der Waals surface area contributed by atoms with Gasteiger partial charge in [0, 0.05) is 11.4 Å². The molecular formula is C20H29ClO2. The zero-order chi connectivity index (χ0) is 17.2. The number of unbranched alkanes of at least 4 members (excludes halogenated alkanes) is 1. The highest BCUT2D eigenvalue weighted by Crippen LogP contribution is 2.30. The summed E-state index contributed by atoms with van der Waals surface area (Å²) in [6.07, 6.45) is 9.63. The SMILES string of the molecule is CC(C)=CCC/C(C)=C/Cc1c(O)cc(CCCCCl)cc1O. The summed E-state index contributed by atoms with van der Waals surface area (Å²) in [6.45, 7) is 6.29. The second kappa shape index (κ2) is 10.4. The lowest BCUT2D eigenvalue weighted by Crippen LogP contribution is -1.91. The molecule has 0 aliphatic heterocycles. The smallest absolute Gasteiger partial charge is 0.123 e. The van der Waals surface area contributed by atoms with Crippen LogP contribution in [0.25, 0.3) is 0 Å². The van der Waals surface area contributed by atoms with Crippen LogP contribution in [0.2, 0.25) is 0 Å². The molecule has 23 heavy (non-hydrogen) atoms.